The van der Waals surface area contributed by atoms with Gasteiger partial charge in [-0.05, 0) is 91.8 Å². The summed E-state index contributed by atoms with van der Waals surface area (Å²) < 4.78 is 57.9. The number of H-pyrrole nitrogens is 1. The number of nitrogens with one attached hydrogen (secondary N) is 3. The SMILES string of the molecule is CON(C)c1cc(S(=O)(=O)NC(=O)c2ccc(N3CCN(CC4Cc5ccc(F)cc5C=[N+]4C(=O)C4CC4)CC3)cc2Oc2cnc3[nH]ccc3c2)ccc1NCC1CCOCC1. The van der Waals surface area contributed by atoms with E-state index in [-0.39, 0.29) is 39.9 Å². The number of ether oxygens (including phenoxy) is 2. The summed E-state index contributed by atoms with van der Waals surface area (Å²) in [6.45, 7) is 5.54. The van der Waals surface area contributed by atoms with Crippen LogP contribution in [0.15, 0.2) is 84.0 Å². The maximum Gasteiger partial charge on any atom is 0.390 e. The topological polar surface area (TPSA) is 161 Å². The molecular formula is C46H52FN8O7S+. The predicted molar refractivity (Wildman–Crippen MR) is 237 cm³/mol. The van der Waals surface area contributed by atoms with Gasteiger partial charge in [-0.2, -0.15) is 4.58 Å². The molecule has 5 heterocycles. The molecule has 2 amide bonds. The van der Waals surface area contributed by atoms with Gasteiger partial charge in [-0.15, -0.1) is 0 Å². The third-order valence-corrected chi connectivity index (χ3v) is 13.8. The summed E-state index contributed by atoms with van der Waals surface area (Å²) in [6.07, 6.45) is 9.45. The normalized spacial score (nSPS) is 18.4. The number of carbonyl (C=O) groups is 2. The van der Waals surface area contributed by atoms with Gasteiger partial charge >= 0.3 is 5.91 Å². The molecule has 1 atom stereocenters. The van der Waals surface area contributed by atoms with E-state index in [1.165, 1.54) is 36.4 Å². The molecule has 1 saturated carbocycles. The lowest BCUT2D eigenvalue weighted by Gasteiger charge is -2.37. The van der Waals surface area contributed by atoms with Gasteiger partial charge in [0.1, 0.15) is 23.0 Å². The van der Waals surface area contributed by atoms with Crippen molar-refractivity contribution in [2.24, 2.45) is 11.8 Å². The van der Waals surface area contributed by atoms with Crippen LogP contribution in [0.25, 0.3) is 11.0 Å². The quantitative estimate of drug-likeness (QED) is 0.0943. The van der Waals surface area contributed by atoms with Crippen LogP contribution >= 0.6 is 0 Å². The highest BCUT2D eigenvalue weighted by Crippen LogP contribution is 2.35. The number of piperazine rings is 1. The molecule has 15 nitrogen and oxygen atoms in total. The summed E-state index contributed by atoms with van der Waals surface area (Å²) in [5, 5.41) is 5.71. The van der Waals surface area contributed by atoms with E-state index in [2.05, 4.69) is 29.8 Å². The second-order valence-electron chi connectivity index (χ2n) is 16.7. The molecule has 5 aromatic rings. The minimum atomic E-state index is -4.37. The second kappa shape index (κ2) is 18.1. The van der Waals surface area contributed by atoms with Gasteiger partial charge < -0.3 is 24.7 Å². The van der Waals surface area contributed by atoms with E-state index in [9.17, 15) is 22.4 Å². The number of halogens is 1. The van der Waals surface area contributed by atoms with Crippen molar-refractivity contribution in [2.75, 3.05) is 81.9 Å². The number of pyridine rings is 1. The molecule has 63 heavy (non-hydrogen) atoms. The summed E-state index contributed by atoms with van der Waals surface area (Å²) in [4.78, 5) is 44.8. The average Bonchev–Trinajstić information content (AvgIpc) is 4.05. The largest absolute Gasteiger partial charge is 0.455 e. The molecule has 0 radical (unpaired) electrons. The fraction of sp³-hybridized carbons (Fsp3) is 0.391. The zero-order valence-electron chi connectivity index (χ0n) is 35.4. The zero-order valence-corrected chi connectivity index (χ0v) is 36.2. The Labute approximate surface area is 365 Å². The molecule has 17 heteroatoms. The highest BCUT2D eigenvalue weighted by Gasteiger charge is 2.43. The highest BCUT2D eigenvalue weighted by atomic mass is 32.2. The minimum Gasteiger partial charge on any atom is -0.455 e. The first-order chi connectivity index (χ1) is 30.5. The van der Waals surface area contributed by atoms with Crippen molar-refractivity contribution < 1.29 is 41.3 Å². The molecule has 1 aliphatic carbocycles. The molecule has 2 saturated heterocycles. The molecule has 3 fully saturated rings. The Hall–Kier alpha value is -5.88. The average molecular weight is 880 g/mol. The summed E-state index contributed by atoms with van der Waals surface area (Å²) >= 11 is 0. The first kappa shape index (κ1) is 42.4. The molecule has 3 N–H and O–H groups in total. The zero-order chi connectivity index (χ0) is 43.7. The minimum absolute atomic E-state index is 0.0215. The molecule has 4 aliphatic rings. The Morgan fingerprint density at radius 2 is 1.81 bits per heavy atom. The number of amides is 2. The van der Waals surface area contributed by atoms with Crippen LogP contribution in [0.5, 0.6) is 11.5 Å². The molecule has 1 unspecified atom stereocenters. The van der Waals surface area contributed by atoms with Crippen LogP contribution in [0.4, 0.5) is 21.5 Å². The van der Waals surface area contributed by atoms with E-state index in [1.807, 2.05) is 22.9 Å². The number of aromatic nitrogens is 2. The van der Waals surface area contributed by atoms with Crippen molar-refractivity contribution in [1.29, 1.82) is 0 Å². The number of carbonyl (C=O) groups excluding carboxylic acids is 2. The van der Waals surface area contributed by atoms with Crippen LogP contribution in [-0.4, -0.2) is 119 Å². The van der Waals surface area contributed by atoms with Crippen LogP contribution in [0.2, 0.25) is 0 Å². The molecule has 330 valence electrons. The number of benzene rings is 3. The lowest BCUT2D eigenvalue weighted by Crippen LogP contribution is -2.52. The van der Waals surface area contributed by atoms with Gasteiger partial charge in [0, 0.05) is 88.3 Å². The summed E-state index contributed by atoms with van der Waals surface area (Å²) in [5.74, 6) is -0.0755. The van der Waals surface area contributed by atoms with Gasteiger partial charge in [-0.25, -0.2) is 27.3 Å². The van der Waals surface area contributed by atoms with Crippen molar-refractivity contribution >= 4 is 56.1 Å². The molecule has 0 bridgehead atoms. The van der Waals surface area contributed by atoms with E-state index in [0.29, 0.717) is 87.6 Å². The number of hydroxylamine groups is 1. The van der Waals surface area contributed by atoms with Crippen molar-refractivity contribution in [3.8, 4) is 11.5 Å². The molecular weight excluding hydrogens is 828 g/mol. The van der Waals surface area contributed by atoms with Crippen LogP contribution in [-0.2, 0) is 30.8 Å². The number of aromatic amines is 1. The standard InChI is InChI=1S/C46H51FN8O7S/c1-52(60-2)42-25-39(8-10-41(42)49-26-30-12-19-61-20-13-30)63(58,59)51-45(56)40-9-7-36(24-43(40)62-38-23-33-11-14-48-44(33)50-27-38)54-17-15-53(16-18-54)29-37-22-32-5-6-35(47)21-34(32)28-55(37)46(57)31-3-4-31/h5-11,14,21,23-25,27-28,30-31,37,49H,3-4,12-13,15-20,22,26,29H2,1-2H3,(H-,48,50,51,56)/p+1. The van der Waals surface area contributed by atoms with E-state index in [0.717, 1.165) is 47.9 Å². The number of hydrogen-bond donors (Lipinski definition) is 3. The number of rotatable bonds is 14. The van der Waals surface area contributed by atoms with Crippen molar-refractivity contribution in [3.05, 3.63) is 102 Å². The van der Waals surface area contributed by atoms with Crippen molar-refractivity contribution in [2.45, 2.75) is 43.0 Å². The van der Waals surface area contributed by atoms with Gasteiger partial charge in [0.05, 0.1) is 47.6 Å². The predicted octanol–water partition coefficient (Wildman–Crippen LogP) is 5.56. The first-order valence-electron chi connectivity index (χ1n) is 21.5. The van der Waals surface area contributed by atoms with E-state index in [4.69, 9.17) is 14.3 Å². The summed E-state index contributed by atoms with van der Waals surface area (Å²) in [7, 11) is -1.20. The molecule has 2 aromatic heterocycles. The van der Waals surface area contributed by atoms with Crippen LogP contribution in [0.1, 0.15) is 47.2 Å². The number of fused-ring (bicyclic) bond motifs is 2. The molecule has 0 spiro atoms. The maximum atomic E-state index is 14.1. The summed E-state index contributed by atoms with van der Waals surface area (Å²) in [6, 6.07) is 18.1. The monoisotopic (exact) mass is 879 g/mol. The van der Waals surface area contributed by atoms with Crippen LogP contribution in [0.3, 0.4) is 0 Å². The number of anilines is 3. The van der Waals surface area contributed by atoms with Gasteiger partial charge in [-0.1, -0.05) is 6.07 Å². The lowest BCUT2D eigenvalue weighted by atomic mass is 9.95. The van der Waals surface area contributed by atoms with Crippen LogP contribution < -0.4 is 24.7 Å². The van der Waals surface area contributed by atoms with E-state index in [1.54, 1.807) is 49.8 Å². The number of sulfonamides is 1. The van der Waals surface area contributed by atoms with Gasteiger partial charge in [-0.3, -0.25) is 19.6 Å². The third-order valence-electron chi connectivity index (χ3n) is 12.5. The molecule has 9 rings (SSSR count). The van der Waals surface area contributed by atoms with Crippen molar-refractivity contribution in [3.63, 3.8) is 0 Å². The number of hydrogen-bond acceptors (Lipinski definition) is 12. The second-order valence-corrected chi connectivity index (χ2v) is 18.4. The van der Waals surface area contributed by atoms with E-state index < -0.39 is 15.9 Å². The third kappa shape index (κ3) is 9.56. The number of nitrogens with zero attached hydrogens (tertiary/aromatic N) is 5. The Bertz CT molecular complexity index is 2660. The Kier molecular flexibility index (Phi) is 12.2. The molecule has 3 aromatic carbocycles. The fourth-order valence-corrected chi connectivity index (χ4v) is 9.60. The Morgan fingerprint density at radius 3 is 2.59 bits per heavy atom. The summed E-state index contributed by atoms with van der Waals surface area (Å²) in [5.41, 5.74) is 4.46. The Balaban J connectivity index is 0.923. The lowest BCUT2D eigenvalue weighted by molar-refractivity contribution is -0.488. The fourth-order valence-electron chi connectivity index (χ4n) is 8.61. The van der Waals surface area contributed by atoms with Crippen LogP contribution in [0, 0.1) is 17.7 Å². The first-order valence-corrected chi connectivity index (χ1v) is 23.0. The Morgan fingerprint density at radius 1 is 1.00 bits per heavy atom. The molecule has 3 aliphatic heterocycles. The highest BCUT2D eigenvalue weighted by molar-refractivity contribution is 7.90. The smallest absolute Gasteiger partial charge is 0.390 e. The van der Waals surface area contributed by atoms with Gasteiger partial charge in [0.25, 0.3) is 15.9 Å². The van der Waals surface area contributed by atoms with Gasteiger partial charge in [0.15, 0.2) is 12.3 Å². The van der Waals surface area contributed by atoms with E-state index >= 15 is 0 Å². The van der Waals surface area contributed by atoms with Gasteiger partial charge in [0.2, 0.25) is 0 Å². The van der Waals surface area contributed by atoms with Crippen molar-refractivity contribution in [1.82, 2.24) is 19.6 Å². The maximum absolute atomic E-state index is 14.1.